The van der Waals surface area contributed by atoms with Crippen LogP contribution in [0.25, 0.3) is 0 Å². The Kier molecular flexibility index (Phi) is 6.63. The number of ether oxygens (including phenoxy) is 1. The molecule has 0 aromatic rings. The molecule has 6 nitrogen and oxygen atoms in total. The van der Waals surface area contributed by atoms with Crippen LogP contribution in [-0.4, -0.2) is 48.9 Å². The predicted octanol–water partition coefficient (Wildman–Crippen LogP) is 2.02. The van der Waals surface area contributed by atoms with E-state index in [9.17, 15) is 14.4 Å². The van der Waals surface area contributed by atoms with E-state index in [-0.39, 0.29) is 29.2 Å². The van der Waals surface area contributed by atoms with Gasteiger partial charge in [0.2, 0.25) is 11.8 Å². The normalized spacial score (nSPS) is 23.4. The van der Waals surface area contributed by atoms with Crippen LogP contribution in [0, 0.1) is 5.41 Å². The second-order valence-corrected chi connectivity index (χ2v) is 7.26. The smallest absolute Gasteiger partial charge is 0.306 e. The Morgan fingerprint density at radius 1 is 1.12 bits per heavy atom. The number of carbonyl (C=O) groups is 3. The monoisotopic (exact) mass is 338 g/mol. The van der Waals surface area contributed by atoms with E-state index in [4.69, 9.17) is 4.74 Å². The van der Waals surface area contributed by atoms with E-state index in [0.717, 1.165) is 44.9 Å². The van der Waals surface area contributed by atoms with Crippen molar-refractivity contribution in [1.29, 1.82) is 0 Å². The molecule has 24 heavy (non-hydrogen) atoms. The highest BCUT2D eigenvalue weighted by atomic mass is 16.5. The number of rotatable bonds is 5. The molecule has 2 aliphatic rings. The molecule has 2 fully saturated rings. The fourth-order valence-electron chi connectivity index (χ4n) is 4.07. The maximum Gasteiger partial charge on any atom is 0.306 e. The Bertz CT molecular complexity index is 472. The molecule has 1 aliphatic heterocycles. The number of amides is 2. The molecule has 1 saturated heterocycles. The summed E-state index contributed by atoms with van der Waals surface area (Å²) in [4.78, 5) is 37.8. The maximum atomic E-state index is 12.6. The fraction of sp³-hybridized carbons (Fsp3) is 0.833. The van der Waals surface area contributed by atoms with Crippen molar-refractivity contribution in [1.82, 2.24) is 10.2 Å². The van der Waals surface area contributed by atoms with Crippen LogP contribution < -0.4 is 5.32 Å². The lowest BCUT2D eigenvalue weighted by atomic mass is 9.71. The molecule has 6 heteroatoms. The number of hydrogen-bond acceptors (Lipinski definition) is 4. The van der Waals surface area contributed by atoms with Gasteiger partial charge in [-0.3, -0.25) is 14.4 Å². The molecule has 1 heterocycles. The first-order chi connectivity index (χ1) is 11.5. The Hall–Kier alpha value is -1.59. The third-order valence-electron chi connectivity index (χ3n) is 5.51. The Labute approximate surface area is 144 Å². The molecular formula is C18H30N2O4. The van der Waals surface area contributed by atoms with Crippen LogP contribution in [-0.2, 0) is 19.1 Å². The van der Waals surface area contributed by atoms with Crippen molar-refractivity contribution in [3.63, 3.8) is 0 Å². The predicted molar refractivity (Wildman–Crippen MR) is 90.2 cm³/mol. The van der Waals surface area contributed by atoms with Crippen molar-refractivity contribution in [2.24, 2.45) is 5.41 Å². The van der Waals surface area contributed by atoms with Crippen molar-refractivity contribution >= 4 is 17.8 Å². The topological polar surface area (TPSA) is 75.7 Å². The molecule has 2 amide bonds. The summed E-state index contributed by atoms with van der Waals surface area (Å²) in [5.74, 6) is -0.342. The summed E-state index contributed by atoms with van der Waals surface area (Å²) in [5, 5.41) is 3.04. The van der Waals surface area contributed by atoms with E-state index in [1.54, 1.807) is 4.90 Å². The van der Waals surface area contributed by atoms with Gasteiger partial charge in [-0.2, -0.15) is 0 Å². The third-order valence-corrected chi connectivity index (χ3v) is 5.51. The minimum absolute atomic E-state index is 0.0446. The summed E-state index contributed by atoms with van der Waals surface area (Å²) in [6, 6.07) is -0.366. The first-order valence-corrected chi connectivity index (χ1v) is 9.09. The first-order valence-electron chi connectivity index (χ1n) is 9.09. The number of likely N-dealkylation sites (tertiary alicyclic amines) is 1. The fourth-order valence-corrected chi connectivity index (χ4v) is 4.07. The van der Waals surface area contributed by atoms with Gasteiger partial charge >= 0.3 is 5.97 Å². The van der Waals surface area contributed by atoms with E-state index in [2.05, 4.69) is 5.32 Å². The zero-order valence-electron chi connectivity index (χ0n) is 14.9. The van der Waals surface area contributed by atoms with Gasteiger partial charge in [0, 0.05) is 20.0 Å². The van der Waals surface area contributed by atoms with Gasteiger partial charge in [-0.15, -0.1) is 0 Å². The minimum atomic E-state index is -0.366. The number of methoxy groups -OCH3 is 1. The highest BCUT2D eigenvalue weighted by Gasteiger charge is 2.37. The van der Waals surface area contributed by atoms with Gasteiger partial charge in [0.05, 0.1) is 13.5 Å². The Morgan fingerprint density at radius 2 is 1.83 bits per heavy atom. The summed E-state index contributed by atoms with van der Waals surface area (Å²) in [6.45, 7) is 2.66. The van der Waals surface area contributed by atoms with Gasteiger partial charge in [0.25, 0.3) is 0 Å². The molecule has 0 unspecified atom stereocenters. The standard InChI is InChI=1S/C18H30N2O4/c1-14(21)20-11-7-4-8-15(20)17(23)19-13-18(12-16(22)24-2)9-5-3-6-10-18/h15H,3-13H2,1-2H3,(H,19,23)/t15-/m0/s1. The SMILES string of the molecule is COC(=O)CC1(CNC(=O)[C@@H]2CCCCN2C(C)=O)CCCCC1. The molecule has 1 atom stereocenters. The molecule has 0 radical (unpaired) electrons. The van der Waals surface area contributed by atoms with E-state index in [1.165, 1.54) is 20.5 Å². The second kappa shape index (κ2) is 8.49. The van der Waals surface area contributed by atoms with Crippen LogP contribution in [0.4, 0.5) is 0 Å². The molecule has 1 saturated carbocycles. The van der Waals surface area contributed by atoms with Crippen LogP contribution in [0.1, 0.15) is 64.7 Å². The van der Waals surface area contributed by atoms with E-state index < -0.39 is 0 Å². The molecular weight excluding hydrogens is 308 g/mol. The van der Waals surface area contributed by atoms with Crippen molar-refractivity contribution in [3.05, 3.63) is 0 Å². The number of nitrogens with zero attached hydrogens (tertiary/aromatic N) is 1. The van der Waals surface area contributed by atoms with Crippen LogP contribution in [0.2, 0.25) is 0 Å². The lowest BCUT2D eigenvalue weighted by Crippen LogP contribution is -2.53. The number of piperidine rings is 1. The van der Waals surface area contributed by atoms with Crippen molar-refractivity contribution in [2.75, 3.05) is 20.2 Å². The summed E-state index contributed by atoms with van der Waals surface area (Å²) in [7, 11) is 1.41. The number of hydrogen-bond donors (Lipinski definition) is 1. The average Bonchev–Trinajstić information content (AvgIpc) is 2.60. The van der Waals surface area contributed by atoms with E-state index >= 15 is 0 Å². The molecule has 0 aromatic heterocycles. The second-order valence-electron chi connectivity index (χ2n) is 7.26. The summed E-state index contributed by atoms with van der Waals surface area (Å²) >= 11 is 0. The Balaban J connectivity index is 1.98. The minimum Gasteiger partial charge on any atom is -0.469 e. The molecule has 0 bridgehead atoms. The molecule has 1 aliphatic carbocycles. The highest BCUT2D eigenvalue weighted by Crippen LogP contribution is 2.39. The van der Waals surface area contributed by atoms with E-state index in [1.807, 2.05) is 0 Å². The molecule has 136 valence electrons. The lowest BCUT2D eigenvalue weighted by molar-refractivity contribution is -0.144. The lowest BCUT2D eigenvalue weighted by Gasteiger charge is -2.38. The number of esters is 1. The molecule has 0 spiro atoms. The van der Waals surface area contributed by atoms with Crippen LogP contribution >= 0.6 is 0 Å². The number of nitrogens with one attached hydrogen (secondary N) is 1. The van der Waals surface area contributed by atoms with Gasteiger partial charge in [-0.1, -0.05) is 19.3 Å². The molecule has 2 rings (SSSR count). The van der Waals surface area contributed by atoms with Crippen molar-refractivity contribution < 1.29 is 19.1 Å². The van der Waals surface area contributed by atoms with Crippen LogP contribution in [0.15, 0.2) is 0 Å². The van der Waals surface area contributed by atoms with Crippen LogP contribution in [0.3, 0.4) is 0 Å². The highest BCUT2D eigenvalue weighted by molar-refractivity contribution is 5.87. The van der Waals surface area contributed by atoms with Crippen LogP contribution in [0.5, 0.6) is 0 Å². The van der Waals surface area contributed by atoms with Gasteiger partial charge < -0.3 is 15.0 Å². The Morgan fingerprint density at radius 3 is 2.46 bits per heavy atom. The summed E-state index contributed by atoms with van der Waals surface area (Å²) in [5.41, 5.74) is -0.198. The van der Waals surface area contributed by atoms with Crippen molar-refractivity contribution in [2.45, 2.75) is 70.8 Å². The zero-order valence-corrected chi connectivity index (χ0v) is 14.9. The maximum absolute atomic E-state index is 12.6. The third kappa shape index (κ3) is 4.71. The van der Waals surface area contributed by atoms with Gasteiger partial charge in [-0.25, -0.2) is 0 Å². The number of carbonyl (C=O) groups excluding carboxylic acids is 3. The first kappa shape index (κ1) is 18.7. The van der Waals surface area contributed by atoms with Gasteiger partial charge in [0.15, 0.2) is 0 Å². The van der Waals surface area contributed by atoms with Gasteiger partial charge in [0.1, 0.15) is 6.04 Å². The quantitative estimate of drug-likeness (QED) is 0.778. The summed E-state index contributed by atoms with van der Waals surface area (Å²) < 4.78 is 4.85. The zero-order chi connectivity index (χ0) is 17.6. The largest absolute Gasteiger partial charge is 0.469 e. The molecule has 1 N–H and O–H groups in total. The van der Waals surface area contributed by atoms with Crippen molar-refractivity contribution in [3.8, 4) is 0 Å². The molecule has 0 aromatic carbocycles. The summed E-state index contributed by atoms with van der Waals surface area (Å²) in [6.07, 6.45) is 8.20. The van der Waals surface area contributed by atoms with Gasteiger partial charge in [-0.05, 0) is 37.5 Å². The van der Waals surface area contributed by atoms with E-state index in [0.29, 0.717) is 19.5 Å². The average molecular weight is 338 g/mol.